The van der Waals surface area contributed by atoms with E-state index in [0.717, 1.165) is 34.0 Å². The minimum absolute atomic E-state index is 0.00932. The van der Waals surface area contributed by atoms with Crippen molar-refractivity contribution in [3.63, 3.8) is 0 Å². The highest BCUT2D eigenvalue weighted by Crippen LogP contribution is 2.40. The van der Waals surface area contributed by atoms with E-state index in [0.29, 0.717) is 86.7 Å². The van der Waals surface area contributed by atoms with Crippen LogP contribution in [0.5, 0.6) is 5.75 Å². The van der Waals surface area contributed by atoms with Crippen LogP contribution in [0, 0.1) is 0 Å². The number of amides is 3. The van der Waals surface area contributed by atoms with Crippen LogP contribution in [0.1, 0.15) is 79.3 Å². The summed E-state index contributed by atoms with van der Waals surface area (Å²) in [6, 6.07) is 22.0. The van der Waals surface area contributed by atoms with Gasteiger partial charge in [0.05, 0.1) is 41.7 Å². The molecule has 5 aromatic rings. The molecule has 3 amide bonds. The Labute approximate surface area is 376 Å². The van der Waals surface area contributed by atoms with Crippen molar-refractivity contribution in [1.29, 1.82) is 0 Å². The van der Waals surface area contributed by atoms with E-state index < -0.39 is 35.7 Å². The summed E-state index contributed by atoms with van der Waals surface area (Å²) in [5, 5.41) is 20.5. The van der Waals surface area contributed by atoms with E-state index in [1.54, 1.807) is 41.8 Å². The first kappa shape index (κ1) is 46.3. The molecule has 3 atom stereocenters. The summed E-state index contributed by atoms with van der Waals surface area (Å²) in [6.07, 6.45) is 2.75. The van der Waals surface area contributed by atoms with E-state index in [1.807, 2.05) is 55.5 Å². The second-order valence-electron chi connectivity index (χ2n) is 16.3. The maximum atomic E-state index is 13.7. The zero-order chi connectivity index (χ0) is 46.1. The number of hydrogen-bond donors (Lipinski definition) is 7. The fraction of sp³-hybridized carbons (Fsp3) is 0.375. The molecule has 65 heavy (non-hydrogen) atoms. The van der Waals surface area contributed by atoms with E-state index in [9.17, 15) is 29.1 Å². The number of benzene rings is 3. The van der Waals surface area contributed by atoms with Gasteiger partial charge in [0, 0.05) is 35.3 Å². The fourth-order valence-electron chi connectivity index (χ4n) is 8.28. The van der Waals surface area contributed by atoms with Gasteiger partial charge >= 0.3 is 12.1 Å². The first-order chi connectivity index (χ1) is 31.4. The number of fused-ring (bicyclic) bond motifs is 5. The molecule has 2 aliphatic rings. The van der Waals surface area contributed by atoms with Crippen molar-refractivity contribution in [2.45, 2.75) is 96.2 Å². The van der Waals surface area contributed by atoms with E-state index in [1.165, 1.54) is 0 Å². The Morgan fingerprint density at radius 3 is 2.46 bits per heavy atom. The van der Waals surface area contributed by atoms with Gasteiger partial charge in [0.25, 0.3) is 5.56 Å². The molecule has 0 saturated heterocycles. The lowest BCUT2D eigenvalue weighted by molar-refractivity contribution is -0.172. The van der Waals surface area contributed by atoms with E-state index >= 15 is 0 Å². The molecule has 0 saturated carbocycles. The predicted molar refractivity (Wildman–Crippen MR) is 243 cm³/mol. The van der Waals surface area contributed by atoms with Crippen molar-refractivity contribution in [2.75, 3.05) is 25.0 Å². The van der Waals surface area contributed by atoms with Gasteiger partial charge in [0.15, 0.2) is 5.60 Å². The van der Waals surface area contributed by atoms with E-state index in [4.69, 9.17) is 30.8 Å². The number of carbonyl (C=O) groups is 4. The molecule has 0 spiro atoms. The monoisotopic (exact) mass is 888 g/mol. The third kappa shape index (κ3) is 10.5. The number of ether oxygens (including phenoxy) is 3. The summed E-state index contributed by atoms with van der Waals surface area (Å²) < 4.78 is 18.3. The number of aromatic nitrogens is 2. The molecule has 17 nitrogen and oxygen atoms in total. The number of nitrogens with one attached hydrogen (secondary N) is 4. The number of carbonyl (C=O) groups excluding carboxylic acids is 4. The number of cyclic esters (lactones) is 1. The molecule has 0 unspecified atom stereocenters. The minimum Gasteiger partial charge on any atom is -0.494 e. The molecular weight excluding hydrogens is 833 g/mol. The molecule has 0 fully saturated rings. The number of rotatable bonds is 20. The quantitative estimate of drug-likeness (QED) is 0.0249. The summed E-state index contributed by atoms with van der Waals surface area (Å²) in [4.78, 5) is 70.0. The second kappa shape index (κ2) is 20.9. The summed E-state index contributed by atoms with van der Waals surface area (Å²) in [6.45, 7) is 5.05. The number of aryl methyl sites for hydroxylation is 1. The highest BCUT2D eigenvalue weighted by molar-refractivity contribution is 5.98. The van der Waals surface area contributed by atoms with Crippen LogP contribution in [0.3, 0.4) is 0 Å². The maximum absolute atomic E-state index is 13.7. The van der Waals surface area contributed by atoms with Crippen LogP contribution in [-0.2, 0) is 62.1 Å². The third-order valence-electron chi connectivity index (χ3n) is 11.9. The van der Waals surface area contributed by atoms with Gasteiger partial charge in [0.1, 0.15) is 25.0 Å². The van der Waals surface area contributed by atoms with Gasteiger partial charge < -0.3 is 45.6 Å². The van der Waals surface area contributed by atoms with Crippen LogP contribution in [0.2, 0.25) is 0 Å². The van der Waals surface area contributed by atoms with Gasteiger partial charge in [-0.3, -0.25) is 25.7 Å². The van der Waals surface area contributed by atoms with Crippen molar-refractivity contribution < 1.29 is 38.5 Å². The lowest BCUT2D eigenvalue weighted by Crippen LogP contribution is -2.50. The molecule has 7 rings (SSSR count). The van der Waals surface area contributed by atoms with Crippen molar-refractivity contribution in [2.24, 2.45) is 11.6 Å². The highest BCUT2D eigenvalue weighted by atomic mass is 16.6. The van der Waals surface area contributed by atoms with Crippen molar-refractivity contribution in [3.05, 3.63) is 123 Å². The van der Waals surface area contributed by atoms with Gasteiger partial charge in [-0.25, -0.2) is 14.6 Å². The number of unbranched alkanes of at least 4 members (excludes halogenated alkanes) is 1. The van der Waals surface area contributed by atoms with Crippen LogP contribution >= 0.6 is 0 Å². The smallest absolute Gasteiger partial charge is 0.407 e. The number of hydrogen-bond acceptors (Lipinski definition) is 13. The molecule has 2 aliphatic heterocycles. The summed E-state index contributed by atoms with van der Waals surface area (Å²) in [5.74, 6) is 4.47. The van der Waals surface area contributed by atoms with Crippen LogP contribution in [0.4, 0.5) is 10.5 Å². The molecular formula is C48H56N8O9. The largest absolute Gasteiger partial charge is 0.494 e. The number of aliphatic hydroxyl groups is 1. The Hall–Kier alpha value is -6.66. The van der Waals surface area contributed by atoms with Crippen LogP contribution < -0.4 is 43.2 Å². The number of esters is 1. The number of anilines is 1. The van der Waals surface area contributed by atoms with Crippen molar-refractivity contribution >= 4 is 40.5 Å². The number of nitrogens with zero attached hydrogens (tertiary/aromatic N) is 2. The molecule has 0 bridgehead atoms. The molecule has 342 valence electrons. The van der Waals surface area contributed by atoms with Gasteiger partial charge in [-0.2, -0.15) is 0 Å². The Morgan fingerprint density at radius 1 is 0.938 bits per heavy atom. The Morgan fingerprint density at radius 2 is 1.72 bits per heavy atom. The topological polar surface area (TPSA) is 251 Å². The number of nitrogens with two attached hydrogens (primary N) is 2. The summed E-state index contributed by atoms with van der Waals surface area (Å²) >= 11 is 0. The number of pyridine rings is 2. The Bertz CT molecular complexity index is 2600. The molecule has 0 aliphatic carbocycles. The molecule has 3 aromatic carbocycles. The van der Waals surface area contributed by atoms with Gasteiger partial charge in [-0.05, 0) is 98.0 Å². The van der Waals surface area contributed by atoms with Crippen molar-refractivity contribution in [3.8, 4) is 17.1 Å². The number of alkyl carbamates (subject to hydrolysis) is 1. The van der Waals surface area contributed by atoms with E-state index in [-0.39, 0.29) is 42.2 Å². The second-order valence-corrected chi connectivity index (χ2v) is 16.3. The Kier molecular flexibility index (Phi) is 14.9. The fourth-order valence-corrected chi connectivity index (χ4v) is 8.28. The lowest BCUT2D eigenvalue weighted by Gasteiger charge is -2.31. The minimum atomic E-state index is -1.90. The maximum Gasteiger partial charge on any atom is 0.407 e. The molecule has 2 aromatic heterocycles. The van der Waals surface area contributed by atoms with Gasteiger partial charge in [-0.1, -0.05) is 56.3 Å². The van der Waals surface area contributed by atoms with Crippen LogP contribution in [0.15, 0.2) is 83.7 Å². The van der Waals surface area contributed by atoms with Crippen LogP contribution in [0.25, 0.3) is 22.3 Å². The average molecular weight is 889 g/mol. The standard InChI is InChI=1S/C48H56N8O9/c1-3-33-34-24-32(18-19-39(34)54-42-35(33)26-56-41(42)25-37-36(45(56)59)28-64-46(60)48(37,62)4-2)63-22-10-20-51-47(61)65-27-30-14-16-31(17-15-30)53-44(58)40(13-8-9-21-52-50)55-43(57)38(49)23-29-11-6-5-7-12-29/h5-7,11-12,14-19,24-25,38,40,52,62H,3-4,8-10,13,20-23,26-28,49-50H2,1-2H3,(H,51,61)(H,53,58)(H,55,57)/t38-,40-,48-/m0/s1. The average Bonchev–Trinajstić information content (AvgIpc) is 3.68. The third-order valence-corrected chi connectivity index (χ3v) is 11.9. The van der Waals surface area contributed by atoms with Gasteiger partial charge in [-0.15, -0.1) is 0 Å². The molecule has 0 radical (unpaired) electrons. The Balaban J connectivity index is 0.873. The zero-order valence-corrected chi connectivity index (χ0v) is 36.6. The zero-order valence-electron chi connectivity index (χ0n) is 36.6. The SMILES string of the molecule is CCc1c2c(nc3ccc(OCCCNC(=O)OCc4ccc(NC(=O)[C@H](CCCCNN)NC(=O)[C@@H](N)Cc5ccccc5)cc4)cc13)-c1cc3c(c(=O)n1C2)COC(=O)[C@]3(O)CC. The molecule has 17 heteroatoms. The number of hydrazine groups is 1. The summed E-state index contributed by atoms with van der Waals surface area (Å²) in [5.41, 5.74) is 13.1. The summed E-state index contributed by atoms with van der Waals surface area (Å²) in [7, 11) is 0. The van der Waals surface area contributed by atoms with E-state index in [2.05, 4.69) is 21.4 Å². The first-order valence-electron chi connectivity index (χ1n) is 22.0. The predicted octanol–water partition coefficient (Wildman–Crippen LogP) is 3.96. The van der Waals surface area contributed by atoms with Crippen LogP contribution in [-0.4, -0.2) is 70.3 Å². The molecule has 4 heterocycles. The molecule has 9 N–H and O–H groups in total. The van der Waals surface area contributed by atoms with Crippen molar-refractivity contribution in [1.82, 2.24) is 25.6 Å². The highest BCUT2D eigenvalue weighted by Gasteiger charge is 2.45. The normalized spacial score (nSPS) is 15.8. The first-order valence-corrected chi connectivity index (χ1v) is 22.0. The van der Waals surface area contributed by atoms with Gasteiger partial charge in [0.2, 0.25) is 11.8 Å². The lowest BCUT2D eigenvalue weighted by atomic mass is 9.86.